The van der Waals surface area contributed by atoms with Crippen LogP contribution in [0.5, 0.6) is 0 Å². The summed E-state index contributed by atoms with van der Waals surface area (Å²) in [4.78, 5) is 15.6. The largest absolute Gasteiger partial charge is 0.334 e. The van der Waals surface area contributed by atoms with Crippen LogP contribution in [-0.4, -0.2) is 22.5 Å². The zero-order chi connectivity index (χ0) is 23.2. The van der Waals surface area contributed by atoms with Gasteiger partial charge in [0.25, 0.3) is 5.89 Å². The Kier molecular flexibility index (Phi) is 5.42. The fraction of sp³-hybridized carbons (Fsp3) is 0.321. The number of aldehydes is 1. The number of carbonyl (C=O) groups is 1. The normalized spacial score (nSPS) is 21.3. The molecule has 5 nitrogen and oxygen atoms in total. The Bertz CT molecular complexity index is 1370. The Morgan fingerprint density at radius 1 is 1.03 bits per heavy atom. The molecule has 0 bridgehead atoms. The fourth-order valence-electron chi connectivity index (χ4n) is 5.32. The molecule has 4 aromatic rings. The highest BCUT2D eigenvalue weighted by Crippen LogP contribution is 2.37. The molecule has 1 unspecified atom stereocenters. The molecule has 0 aliphatic heterocycles. The Hall–Kier alpha value is -3.09. The number of rotatable bonds is 6. The highest BCUT2D eigenvalue weighted by atomic mass is 32.1. The first-order chi connectivity index (χ1) is 16.6. The van der Waals surface area contributed by atoms with Crippen molar-refractivity contribution in [1.29, 1.82) is 0 Å². The number of fused-ring (bicyclic) bond motifs is 1. The summed E-state index contributed by atoms with van der Waals surface area (Å²) < 4.78 is 5.65. The van der Waals surface area contributed by atoms with Crippen LogP contribution in [0.4, 0.5) is 0 Å². The molecule has 1 N–H and O–H groups in total. The molecular formula is C28H27N3O2S. The Balaban J connectivity index is 1.20. The van der Waals surface area contributed by atoms with Crippen molar-refractivity contribution < 1.29 is 9.32 Å². The molecule has 2 aromatic heterocycles. The number of aryl methyl sites for hydroxylation is 3. The average Bonchev–Trinajstić information content (AvgIpc) is 3.55. The Morgan fingerprint density at radius 2 is 1.88 bits per heavy atom. The zero-order valence-electron chi connectivity index (χ0n) is 19.4. The van der Waals surface area contributed by atoms with Crippen LogP contribution in [0.15, 0.2) is 51.7 Å². The second kappa shape index (κ2) is 8.60. The van der Waals surface area contributed by atoms with Gasteiger partial charge < -0.3 is 14.6 Å². The van der Waals surface area contributed by atoms with Gasteiger partial charge >= 0.3 is 0 Å². The zero-order valence-corrected chi connectivity index (χ0v) is 20.2. The van der Waals surface area contributed by atoms with E-state index in [9.17, 15) is 4.79 Å². The van der Waals surface area contributed by atoms with Crippen LogP contribution in [0.3, 0.4) is 0 Å². The van der Waals surface area contributed by atoms with E-state index in [1.54, 1.807) is 11.3 Å². The molecule has 0 amide bonds. The van der Waals surface area contributed by atoms with Gasteiger partial charge in [-0.3, -0.25) is 0 Å². The SMILES string of the molecule is Cc1cc(-c2nc(-c3ccc4c(c3)CCC4NC3CC(C=O)C3)no2)ccc1-c1cscc1C. The standard InChI is InChI=1S/C28H27N3O2S/c1-16-9-21(4-6-23(16)25-15-34-14-17(25)2)28-30-27(31-33-28)20-3-7-24-19(12-20)5-8-26(24)29-22-10-18(11-22)13-32/h3-4,6-7,9,12-15,18,22,26,29H,5,8,10-11H2,1-2H3. The fourth-order valence-corrected chi connectivity index (χ4v) is 6.16. The van der Waals surface area contributed by atoms with E-state index in [-0.39, 0.29) is 5.92 Å². The van der Waals surface area contributed by atoms with Crippen LogP contribution in [0.1, 0.15) is 47.6 Å². The summed E-state index contributed by atoms with van der Waals surface area (Å²) in [6.07, 6.45) is 5.15. The molecule has 2 aromatic carbocycles. The number of nitrogens with zero attached hydrogens (tertiary/aromatic N) is 2. The lowest BCUT2D eigenvalue weighted by molar-refractivity contribution is -0.113. The van der Waals surface area contributed by atoms with Crippen molar-refractivity contribution >= 4 is 17.6 Å². The van der Waals surface area contributed by atoms with Gasteiger partial charge in [0.2, 0.25) is 5.82 Å². The van der Waals surface area contributed by atoms with Gasteiger partial charge in [0, 0.05) is 29.1 Å². The van der Waals surface area contributed by atoms with E-state index < -0.39 is 0 Å². The molecule has 0 saturated heterocycles. The number of thiophene rings is 1. The van der Waals surface area contributed by atoms with Crippen LogP contribution in [-0.2, 0) is 11.2 Å². The molecule has 2 aliphatic carbocycles. The highest BCUT2D eigenvalue weighted by Gasteiger charge is 2.32. The van der Waals surface area contributed by atoms with E-state index in [4.69, 9.17) is 9.51 Å². The third kappa shape index (κ3) is 3.81. The lowest BCUT2D eigenvalue weighted by Crippen LogP contribution is -2.43. The summed E-state index contributed by atoms with van der Waals surface area (Å²) >= 11 is 1.73. The maximum Gasteiger partial charge on any atom is 0.258 e. The smallest absolute Gasteiger partial charge is 0.258 e. The predicted octanol–water partition coefficient (Wildman–Crippen LogP) is 6.30. The van der Waals surface area contributed by atoms with E-state index in [1.165, 1.54) is 33.4 Å². The van der Waals surface area contributed by atoms with Crippen LogP contribution in [0.25, 0.3) is 34.0 Å². The van der Waals surface area contributed by atoms with Crippen LogP contribution in [0, 0.1) is 19.8 Å². The molecule has 0 radical (unpaired) electrons. The molecule has 34 heavy (non-hydrogen) atoms. The monoisotopic (exact) mass is 469 g/mol. The van der Waals surface area contributed by atoms with E-state index >= 15 is 0 Å². The predicted molar refractivity (Wildman–Crippen MR) is 135 cm³/mol. The molecule has 1 fully saturated rings. The molecule has 0 spiro atoms. The number of nitrogens with one attached hydrogen (secondary N) is 1. The minimum absolute atomic E-state index is 0.243. The molecule has 172 valence electrons. The number of hydrogen-bond acceptors (Lipinski definition) is 6. The van der Waals surface area contributed by atoms with Gasteiger partial charge in [-0.15, -0.1) is 0 Å². The summed E-state index contributed by atoms with van der Waals surface area (Å²) in [7, 11) is 0. The van der Waals surface area contributed by atoms with Gasteiger partial charge in [0.15, 0.2) is 0 Å². The molecule has 1 saturated carbocycles. The van der Waals surface area contributed by atoms with Crippen LogP contribution < -0.4 is 5.32 Å². The third-order valence-electron chi connectivity index (χ3n) is 7.33. The summed E-state index contributed by atoms with van der Waals surface area (Å²) in [6, 6.07) is 13.7. The van der Waals surface area contributed by atoms with E-state index in [2.05, 4.69) is 71.5 Å². The van der Waals surface area contributed by atoms with Gasteiger partial charge in [-0.25, -0.2) is 0 Å². The van der Waals surface area contributed by atoms with Crippen molar-refractivity contribution in [1.82, 2.24) is 15.5 Å². The van der Waals surface area contributed by atoms with Crippen molar-refractivity contribution in [2.24, 2.45) is 5.92 Å². The number of benzene rings is 2. The summed E-state index contributed by atoms with van der Waals surface area (Å²) in [5.41, 5.74) is 9.65. The Morgan fingerprint density at radius 3 is 2.65 bits per heavy atom. The second-order valence-electron chi connectivity index (χ2n) is 9.66. The number of hydrogen-bond donors (Lipinski definition) is 1. The minimum Gasteiger partial charge on any atom is -0.334 e. The summed E-state index contributed by atoms with van der Waals surface area (Å²) in [6.45, 7) is 4.27. The maximum atomic E-state index is 10.9. The topological polar surface area (TPSA) is 68.0 Å². The minimum atomic E-state index is 0.243. The third-order valence-corrected chi connectivity index (χ3v) is 8.19. The van der Waals surface area contributed by atoms with Crippen molar-refractivity contribution in [2.75, 3.05) is 0 Å². The van der Waals surface area contributed by atoms with Crippen molar-refractivity contribution in [2.45, 2.75) is 51.6 Å². The first kappa shape index (κ1) is 21.4. The molecular weight excluding hydrogens is 442 g/mol. The van der Waals surface area contributed by atoms with Gasteiger partial charge in [0.1, 0.15) is 6.29 Å². The first-order valence-corrected chi connectivity index (χ1v) is 12.9. The van der Waals surface area contributed by atoms with Gasteiger partial charge in [0.05, 0.1) is 0 Å². The molecule has 1 atom stereocenters. The highest BCUT2D eigenvalue weighted by molar-refractivity contribution is 7.08. The number of aromatic nitrogens is 2. The van der Waals surface area contributed by atoms with Crippen LogP contribution >= 0.6 is 11.3 Å². The van der Waals surface area contributed by atoms with Crippen molar-refractivity contribution in [3.63, 3.8) is 0 Å². The maximum absolute atomic E-state index is 10.9. The van der Waals surface area contributed by atoms with E-state index in [1.807, 2.05) is 0 Å². The van der Waals surface area contributed by atoms with Crippen LogP contribution in [0.2, 0.25) is 0 Å². The van der Waals surface area contributed by atoms with Gasteiger partial charge in [-0.1, -0.05) is 23.4 Å². The van der Waals surface area contributed by atoms with E-state index in [0.717, 1.165) is 43.1 Å². The lowest BCUT2D eigenvalue weighted by atomic mass is 9.81. The quantitative estimate of drug-likeness (QED) is 0.336. The van der Waals surface area contributed by atoms with E-state index in [0.29, 0.717) is 23.8 Å². The van der Waals surface area contributed by atoms with Crippen molar-refractivity contribution in [3.05, 3.63) is 69.4 Å². The van der Waals surface area contributed by atoms with Crippen molar-refractivity contribution in [3.8, 4) is 34.0 Å². The molecule has 2 aliphatic rings. The van der Waals surface area contributed by atoms with Gasteiger partial charge in [-0.05, 0) is 102 Å². The summed E-state index contributed by atoms with van der Waals surface area (Å²) in [5.74, 6) is 1.41. The lowest BCUT2D eigenvalue weighted by Gasteiger charge is -2.35. The van der Waals surface area contributed by atoms with Gasteiger partial charge in [-0.2, -0.15) is 16.3 Å². The summed E-state index contributed by atoms with van der Waals surface area (Å²) in [5, 5.41) is 12.4. The average molecular weight is 470 g/mol. The molecule has 6 rings (SSSR count). The molecule has 2 heterocycles. The first-order valence-electron chi connectivity index (χ1n) is 11.9. The number of carbonyl (C=O) groups excluding carboxylic acids is 1. The second-order valence-corrected chi connectivity index (χ2v) is 10.4. The molecule has 6 heteroatoms. The Labute approximate surface area is 203 Å².